The van der Waals surface area contributed by atoms with Crippen LogP contribution >= 0.6 is 0 Å². The summed E-state index contributed by atoms with van der Waals surface area (Å²) < 4.78 is 0. The van der Waals surface area contributed by atoms with E-state index in [1.807, 2.05) is 6.41 Å². The molecule has 3 rings (SSSR count). The lowest BCUT2D eigenvalue weighted by Gasteiger charge is -2.55. The third-order valence-corrected chi connectivity index (χ3v) is 6.73. The summed E-state index contributed by atoms with van der Waals surface area (Å²) in [7, 11) is 0. The van der Waals surface area contributed by atoms with Crippen molar-refractivity contribution in [3.63, 3.8) is 0 Å². The highest BCUT2D eigenvalue weighted by Crippen LogP contribution is 2.57. The molecular weight excluding hydrogens is 282 g/mol. The van der Waals surface area contributed by atoms with Gasteiger partial charge >= 0.3 is 6.41 Å². The van der Waals surface area contributed by atoms with E-state index < -0.39 is 0 Å². The van der Waals surface area contributed by atoms with Gasteiger partial charge in [0.25, 0.3) is 0 Å². The first-order valence-corrected chi connectivity index (χ1v) is 9.14. The maximum absolute atomic E-state index is 10.7. The van der Waals surface area contributed by atoms with Crippen LogP contribution in [0.4, 0.5) is 0 Å². The van der Waals surface area contributed by atoms with Gasteiger partial charge in [0.05, 0.1) is 0 Å². The largest absolute Gasteiger partial charge is 0.347 e. The average Bonchev–Trinajstić information content (AvgIpc) is 2.52. The lowest BCUT2D eigenvalue weighted by atomic mass is 9.49. The molecule has 2 aliphatic carbocycles. The van der Waals surface area contributed by atoms with Crippen LogP contribution in [0.15, 0.2) is 18.2 Å². The monoisotopic (exact) mass is 312 g/mol. The number of amides is 1. The standard InChI is InChI=1S/C21H30NO/c1-15(2)16-6-8-18-17(12-16)7-9-19-20(3,13-22-14-23)10-5-11-21(18,19)4/h6,8,12,15,19H,5,7,9-11,13H2,1-4H3,(H,22,23)/t19-,20+,21+/m0/s1. The van der Waals surface area contributed by atoms with Crippen LogP contribution in [0, 0.1) is 11.3 Å². The lowest BCUT2D eigenvalue weighted by Crippen LogP contribution is -2.52. The molecule has 0 heterocycles. The van der Waals surface area contributed by atoms with Gasteiger partial charge in [-0.1, -0.05) is 52.3 Å². The summed E-state index contributed by atoms with van der Waals surface area (Å²) in [5.41, 5.74) is 5.04. The Morgan fingerprint density at radius 1 is 1.30 bits per heavy atom. The van der Waals surface area contributed by atoms with Crippen LogP contribution in [0.25, 0.3) is 0 Å². The summed E-state index contributed by atoms with van der Waals surface area (Å²) in [6, 6.07) is 7.19. The van der Waals surface area contributed by atoms with Gasteiger partial charge in [-0.2, -0.15) is 0 Å². The predicted octanol–water partition coefficient (Wildman–Crippen LogP) is 4.48. The SMILES string of the molecule is CC(C)c1ccc2c(c1)CC[C@H]1[C@@](C)(CN[C]=O)CCC[C@]21C. The Hall–Kier alpha value is -1.31. The Labute approximate surface area is 141 Å². The normalized spacial score (nSPS) is 33.0. The summed E-state index contributed by atoms with van der Waals surface area (Å²) in [5.74, 6) is 1.23. The van der Waals surface area contributed by atoms with Gasteiger partial charge in [0.1, 0.15) is 0 Å². The summed E-state index contributed by atoms with van der Waals surface area (Å²) in [4.78, 5) is 10.7. The van der Waals surface area contributed by atoms with Gasteiger partial charge in [0.2, 0.25) is 0 Å². The number of hydrogen-bond donors (Lipinski definition) is 1. The molecule has 1 amide bonds. The third-order valence-electron chi connectivity index (χ3n) is 6.73. The van der Waals surface area contributed by atoms with Crippen LogP contribution in [0.3, 0.4) is 0 Å². The fourth-order valence-electron chi connectivity index (χ4n) is 5.45. The minimum absolute atomic E-state index is 0.193. The molecule has 23 heavy (non-hydrogen) atoms. The van der Waals surface area contributed by atoms with Crippen LogP contribution in [-0.2, 0) is 16.6 Å². The number of carbonyl (C=O) groups excluding carboxylic acids is 1. The molecular formula is C21H30NO. The van der Waals surface area contributed by atoms with Crippen molar-refractivity contribution in [2.75, 3.05) is 6.54 Å². The number of aryl methyl sites for hydroxylation is 1. The topological polar surface area (TPSA) is 29.1 Å². The highest BCUT2D eigenvalue weighted by molar-refractivity contribution is 5.47. The number of nitrogens with one attached hydrogen (secondary N) is 1. The van der Waals surface area contributed by atoms with Gasteiger partial charge in [-0.3, -0.25) is 4.79 Å². The second-order valence-corrected chi connectivity index (χ2v) is 8.54. The van der Waals surface area contributed by atoms with Crippen molar-refractivity contribution in [2.24, 2.45) is 11.3 Å². The first-order valence-electron chi connectivity index (χ1n) is 9.14. The van der Waals surface area contributed by atoms with Crippen LogP contribution in [0.5, 0.6) is 0 Å². The van der Waals surface area contributed by atoms with E-state index in [1.165, 1.54) is 37.7 Å². The highest BCUT2D eigenvalue weighted by atomic mass is 16.1. The first kappa shape index (κ1) is 16.5. The van der Waals surface area contributed by atoms with E-state index in [-0.39, 0.29) is 10.8 Å². The van der Waals surface area contributed by atoms with Gasteiger partial charge in [-0.05, 0) is 65.0 Å². The number of rotatable bonds is 4. The molecule has 2 heteroatoms. The second-order valence-electron chi connectivity index (χ2n) is 8.54. The Morgan fingerprint density at radius 3 is 2.78 bits per heavy atom. The number of hydrogen-bond acceptors (Lipinski definition) is 1. The summed E-state index contributed by atoms with van der Waals surface area (Å²) >= 11 is 0. The Kier molecular flexibility index (Phi) is 4.29. The van der Waals surface area contributed by atoms with E-state index in [4.69, 9.17) is 0 Å². The Balaban J connectivity index is 1.98. The fourth-order valence-corrected chi connectivity index (χ4v) is 5.45. The number of benzene rings is 1. The zero-order chi connectivity index (χ0) is 16.7. The zero-order valence-electron chi connectivity index (χ0n) is 15.0. The van der Waals surface area contributed by atoms with Crippen molar-refractivity contribution in [1.82, 2.24) is 5.32 Å². The molecule has 0 aliphatic heterocycles. The van der Waals surface area contributed by atoms with E-state index in [0.29, 0.717) is 11.8 Å². The molecule has 1 aromatic rings. The first-order chi connectivity index (χ1) is 10.9. The highest BCUT2D eigenvalue weighted by Gasteiger charge is 2.51. The average molecular weight is 312 g/mol. The molecule has 125 valence electrons. The summed E-state index contributed by atoms with van der Waals surface area (Å²) in [5, 5.41) is 2.85. The van der Waals surface area contributed by atoms with Gasteiger partial charge < -0.3 is 5.32 Å². The van der Waals surface area contributed by atoms with Gasteiger partial charge in [-0.15, -0.1) is 0 Å². The molecule has 0 unspecified atom stereocenters. The van der Waals surface area contributed by atoms with E-state index >= 15 is 0 Å². The van der Waals surface area contributed by atoms with Crippen molar-refractivity contribution in [1.29, 1.82) is 0 Å². The molecule has 0 bridgehead atoms. The third kappa shape index (κ3) is 2.70. The fraction of sp³-hybridized carbons (Fsp3) is 0.667. The summed E-state index contributed by atoms with van der Waals surface area (Å²) in [6.07, 6.45) is 8.03. The minimum Gasteiger partial charge on any atom is -0.347 e. The quantitative estimate of drug-likeness (QED) is 0.816. The zero-order valence-corrected chi connectivity index (χ0v) is 15.0. The molecule has 1 radical (unpaired) electrons. The molecule has 0 spiro atoms. The molecule has 1 fully saturated rings. The van der Waals surface area contributed by atoms with E-state index in [1.54, 1.807) is 11.1 Å². The van der Waals surface area contributed by atoms with Crippen LogP contribution in [0.2, 0.25) is 0 Å². The maximum Gasteiger partial charge on any atom is 0.309 e. The molecule has 0 aromatic heterocycles. The molecule has 0 saturated heterocycles. The molecule has 1 aromatic carbocycles. The summed E-state index contributed by atoms with van der Waals surface area (Å²) in [6.45, 7) is 10.1. The molecule has 1 saturated carbocycles. The second kappa shape index (κ2) is 5.96. The van der Waals surface area contributed by atoms with Gasteiger partial charge in [-0.25, -0.2) is 0 Å². The van der Waals surface area contributed by atoms with E-state index in [9.17, 15) is 4.79 Å². The predicted molar refractivity (Wildman–Crippen MR) is 95.3 cm³/mol. The van der Waals surface area contributed by atoms with Crippen molar-refractivity contribution >= 4 is 6.41 Å². The smallest absolute Gasteiger partial charge is 0.309 e. The molecule has 3 atom stereocenters. The Morgan fingerprint density at radius 2 is 2.09 bits per heavy atom. The van der Waals surface area contributed by atoms with Crippen molar-refractivity contribution in [3.8, 4) is 0 Å². The van der Waals surface area contributed by atoms with Crippen molar-refractivity contribution in [2.45, 2.75) is 71.1 Å². The van der Waals surface area contributed by atoms with Crippen LogP contribution in [0.1, 0.15) is 76.0 Å². The maximum atomic E-state index is 10.7. The van der Waals surface area contributed by atoms with E-state index in [0.717, 1.165) is 6.54 Å². The molecule has 2 aliphatic rings. The van der Waals surface area contributed by atoms with Gasteiger partial charge in [0.15, 0.2) is 0 Å². The van der Waals surface area contributed by atoms with Crippen LogP contribution in [-0.4, -0.2) is 13.0 Å². The minimum atomic E-state index is 0.193. The van der Waals surface area contributed by atoms with Crippen molar-refractivity contribution < 1.29 is 4.79 Å². The molecule has 2 nitrogen and oxygen atoms in total. The van der Waals surface area contributed by atoms with Gasteiger partial charge in [0, 0.05) is 6.54 Å². The number of fused-ring (bicyclic) bond motifs is 3. The lowest BCUT2D eigenvalue weighted by molar-refractivity contribution is 0.0292. The Bertz CT molecular complexity index is 594. The van der Waals surface area contributed by atoms with Crippen LogP contribution < -0.4 is 5.32 Å². The van der Waals surface area contributed by atoms with E-state index in [2.05, 4.69) is 51.2 Å². The molecule has 1 N–H and O–H groups in total. The van der Waals surface area contributed by atoms with Crippen molar-refractivity contribution in [3.05, 3.63) is 34.9 Å².